The molecular weight excluding hydrogens is 386 g/mol. The molecule has 0 saturated heterocycles. The highest BCUT2D eigenvalue weighted by atomic mass is 35.5. The van der Waals surface area contributed by atoms with E-state index >= 15 is 0 Å². The number of amides is 1. The van der Waals surface area contributed by atoms with Gasteiger partial charge in [-0.25, -0.2) is 0 Å². The van der Waals surface area contributed by atoms with Crippen molar-refractivity contribution in [2.24, 2.45) is 0 Å². The molecule has 0 aliphatic rings. The Kier molecular flexibility index (Phi) is 6.73. The summed E-state index contributed by atoms with van der Waals surface area (Å²) in [5.74, 6) is 0.934. The number of aromatic nitrogens is 2. The lowest BCUT2D eigenvalue weighted by Gasteiger charge is -2.13. The molecule has 0 bridgehead atoms. The quantitative estimate of drug-likeness (QED) is 0.566. The van der Waals surface area contributed by atoms with Crippen LogP contribution in [0.25, 0.3) is 0 Å². The van der Waals surface area contributed by atoms with Gasteiger partial charge in [-0.2, -0.15) is 0 Å². The Morgan fingerprint density at radius 1 is 1.19 bits per heavy atom. The van der Waals surface area contributed by atoms with Crippen LogP contribution in [0, 0.1) is 0 Å². The summed E-state index contributed by atoms with van der Waals surface area (Å²) in [6, 6.07) is 16.8. The summed E-state index contributed by atoms with van der Waals surface area (Å²) >= 11 is 7.20. The second-order valence-electron chi connectivity index (χ2n) is 5.67. The van der Waals surface area contributed by atoms with Gasteiger partial charge < -0.3 is 14.5 Å². The number of hydrogen-bond donors (Lipinski definition) is 1. The lowest BCUT2D eigenvalue weighted by atomic mass is 10.1. The van der Waals surface area contributed by atoms with Gasteiger partial charge in [0.15, 0.2) is 6.61 Å². The van der Waals surface area contributed by atoms with E-state index in [1.54, 1.807) is 12.1 Å². The monoisotopic (exact) mass is 403 g/mol. The highest BCUT2D eigenvalue weighted by Crippen LogP contribution is 2.24. The number of ether oxygens (including phenoxy) is 1. The fourth-order valence-electron chi connectivity index (χ4n) is 2.29. The van der Waals surface area contributed by atoms with E-state index in [4.69, 9.17) is 20.8 Å². The zero-order valence-electron chi connectivity index (χ0n) is 14.6. The Morgan fingerprint density at radius 3 is 2.70 bits per heavy atom. The van der Waals surface area contributed by atoms with Crippen LogP contribution in [-0.4, -0.2) is 21.9 Å². The van der Waals surface area contributed by atoms with Crippen molar-refractivity contribution in [2.75, 3.05) is 5.75 Å². The predicted octanol–water partition coefficient (Wildman–Crippen LogP) is 4.27. The Hall–Kier alpha value is -2.51. The number of halogens is 1. The van der Waals surface area contributed by atoms with Gasteiger partial charge in [-0.3, -0.25) is 4.79 Å². The molecule has 140 valence electrons. The molecule has 3 rings (SSSR count). The molecule has 2 aromatic carbocycles. The summed E-state index contributed by atoms with van der Waals surface area (Å²) in [5, 5.41) is 11.6. The van der Waals surface area contributed by atoms with Crippen molar-refractivity contribution in [1.82, 2.24) is 15.5 Å². The third-order valence-electron chi connectivity index (χ3n) is 3.64. The summed E-state index contributed by atoms with van der Waals surface area (Å²) in [7, 11) is 0. The van der Waals surface area contributed by atoms with Crippen LogP contribution in [0.15, 0.2) is 64.2 Å². The molecular formula is C19H18ClN3O3S. The molecule has 6 nitrogen and oxygen atoms in total. The number of hydrogen-bond acceptors (Lipinski definition) is 6. The van der Waals surface area contributed by atoms with Crippen molar-refractivity contribution >= 4 is 29.3 Å². The van der Waals surface area contributed by atoms with E-state index < -0.39 is 0 Å². The van der Waals surface area contributed by atoms with E-state index in [2.05, 4.69) is 15.5 Å². The molecule has 0 saturated carbocycles. The van der Waals surface area contributed by atoms with Gasteiger partial charge >= 0.3 is 0 Å². The molecule has 27 heavy (non-hydrogen) atoms. The minimum absolute atomic E-state index is 0.0680. The zero-order valence-corrected chi connectivity index (χ0v) is 16.2. The molecule has 1 aromatic heterocycles. The molecule has 0 aliphatic heterocycles. The average Bonchev–Trinajstić information content (AvgIpc) is 3.14. The maximum absolute atomic E-state index is 12.1. The molecule has 3 aromatic rings. The van der Waals surface area contributed by atoms with Crippen LogP contribution >= 0.6 is 23.4 Å². The SMILES string of the molecule is CC(NC(=O)CSc1nnc(COc2ccccc2Cl)o1)c1ccccc1. The molecule has 1 unspecified atom stereocenters. The van der Waals surface area contributed by atoms with Crippen molar-refractivity contribution in [3.63, 3.8) is 0 Å². The highest BCUT2D eigenvalue weighted by molar-refractivity contribution is 7.99. The summed E-state index contributed by atoms with van der Waals surface area (Å²) in [6.45, 7) is 2.04. The van der Waals surface area contributed by atoms with E-state index in [0.717, 1.165) is 5.56 Å². The van der Waals surface area contributed by atoms with Crippen LogP contribution in [0.3, 0.4) is 0 Å². The second kappa shape index (κ2) is 9.43. The minimum atomic E-state index is -0.108. The van der Waals surface area contributed by atoms with Crippen molar-refractivity contribution in [2.45, 2.75) is 24.8 Å². The maximum Gasteiger partial charge on any atom is 0.277 e. The van der Waals surface area contributed by atoms with E-state index in [0.29, 0.717) is 21.9 Å². The lowest BCUT2D eigenvalue weighted by molar-refractivity contribution is -0.119. The number of rotatable bonds is 8. The molecule has 0 spiro atoms. The number of nitrogens with zero attached hydrogens (tertiary/aromatic N) is 2. The fourth-order valence-corrected chi connectivity index (χ4v) is 3.07. The lowest BCUT2D eigenvalue weighted by Crippen LogP contribution is -2.28. The van der Waals surface area contributed by atoms with Gasteiger partial charge in [0.25, 0.3) is 11.1 Å². The minimum Gasteiger partial charge on any atom is -0.482 e. The van der Waals surface area contributed by atoms with Crippen molar-refractivity contribution in [3.8, 4) is 5.75 Å². The molecule has 1 heterocycles. The molecule has 1 N–H and O–H groups in total. The van der Waals surface area contributed by atoms with Crippen molar-refractivity contribution in [3.05, 3.63) is 71.1 Å². The largest absolute Gasteiger partial charge is 0.482 e. The van der Waals surface area contributed by atoms with Gasteiger partial charge in [0.2, 0.25) is 5.91 Å². The summed E-state index contributed by atoms with van der Waals surface area (Å²) in [6.07, 6.45) is 0. The number of carbonyl (C=O) groups excluding carboxylic acids is 1. The molecule has 0 radical (unpaired) electrons. The molecule has 1 amide bonds. The van der Waals surface area contributed by atoms with E-state index in [9.17, 15) is 4.79 Å². The van der Waals surface area contributed by atoms with Crippen LogP contribution in [0.1, 0.15) is 24.4 Å². The zero-order chi connectivity index (χ0) is 19.1. The van der Waals surface area contributed by atoms with Gasteiger partial charge in [-0.1, -0.05) is 65.8 Å². The van der Waals surface area contributed by atoms with E-state index in [-0.39, 0.29) is 24.3 Å². The average molecular weight is 404 g/mol. The van der Waals surface area contributed by atoms with Gasteiger partial charge in [-0.15, -0.1) is 10.2 Å². The molecule has 0 aliphatic carbocycles. The van der Waals surface area contributed by atoms with Gasteiger partial charge in [-0.05, 0) is 24.6 Å². The summed E-state index contributed by atoms with van der Waals surface area (Å²) in [5.41, 5.74) is 1.05. The molecule has 0 fully saturated rings. The number of benzene rings is 2. The Bertz CT molecular complexity index is 889. The van der Waals surface area contributed by atoms with Gasteiger partial charge in [0.05, 0.1) is 16.8 Å². The maximum atomic E-state index is 12.1. The third-order valence-corrected chi connectivity index (χ3v) is 4.77. The second-order valence-corrected chi connectivity index (χ2v) is 7.00. The fraction of sp³-hybridized carbons (Fsp3) is 0.211. The van der Waals surface area contributed by atoms with E-state index in [1.165, 1.54) is 11.8 Å². The molecule has 8 heteroatoms. The third kappa shape index (κ3) is 5.74. The van der Waals surface area contributed by atoms with Crippen LogP contribution in [0.5, 0.6) is 5.75 Å². The first-order valence-corrected chi connectivity index (χ1v) is 9.65. The summed E-state index contributed by atoms with van der Waals surface area (Å²) in [4.78, 5) is 12.1. The summed E-state index contributed by atoms with van der Waals surface area (Å²) < 4.78 is 11.0. The predicted molar refractivity (Wildman–Crippen MR) is 104 cm³/mol. The number of carbonyl (C=O) groups is 1. The first-order chi connectivity index (χ1) is 13.1. The van der Waals surface area contributed by atoms with Gasteiger partial charge in [0, 0.05) is 0 Å². The first kappa shape index (κ1) is 19.3. The van der Waals surface area contributed by atoms with E-state index in [1.807, 2.05) is 49.4 Å². The number of nitrogens with one attached hydrogen (secondary N) is 1. The number of thioether (sulfide) groups is 1. The standard InChI is InChI=1S/C19H18ClN3O3S/c1-13(14-7-3-2-4-8-14)21-17(24)12-27-19-23-22-18(26-19)11-25-16-10-6-5-9-15(16)20/h2-10,13H,11-12H2,1H3,(H,21,24). The van der Waals surface area contributed by atoms with Crippen LogP contribution in [0.2, 0.25) is 5.02 Å². The smallest absolute Gasteiger partial charge is 0.277 e. The highest BCUT2D eigenvalue weighted by Gasteiger charge is 2.13. The first-order valence-electron chi connectivity index (χ1n) is 8.28. The van der Waals surface area contributed by atoms with Crippen molar-refractivity contribution < 1.29 is 13.9 Å². The Labute approximate surface area is 166 Å². The van der Waals surface area contributed by atoms with Crippen molar-refractivity contribution in [1.29, 1.82) is 0 Å². The van der Waals surface area contributed by atoms with Gasteiger partial charge in [0.1, 0.15) is 5.75 Å². The van der Waals surface area contributed by atoms with Crippen LogP contribution in [0.4, 0.5) is 0 Å². The Balaban J connectivity index is 1.45. The normalized spacial score (nSPS) is 11.8. The topological polar surface area (TPSA) is 77.2 Å². The van der Waals surface area contributed by atoms with Crippen LogP contribution in [-0.2, 0) is 11.4 Å². The molecule has 1 atom stereocenters. The van der Waals surface area contributed by atoms with Crippen LogP contribution < -0.4 is 10.1 Å². The Morgan fingerprint density at radius 2 is 1.93 bits per heavy atom. The number of para-hydroxylation sites is 1.